The van der Waals surface area contributed by atoms with Gasteiger partial charge in [-0.2, -0.15) is 0 Å². The molecule has 0 radical (unpaired) electrons. The number of hydrogen-bond acceptors (Lipinski definition) is 6. The third-order valence-electron chi connectivity index (χ3n) is 6.76. The van der Waals surface area contributed by atoms with Crippen LogP contribution in [0.5, 0.6) is 0 Å². The van der Waals surface area contributed by atoms with Crippen LogP contribution in [0.4, 0.5) is 0 Å². The number of ether oxygens (including phenoxy) is 1. The molecule has 1 aliphatic carbocycles. The molecule has 2 aromatic carbocycles. The van der Waals surface area contributed by atoms with Crippen molar-refractivity contribution in [1.29, 1.82) is 0 Å². The molecular formula is C27H38N2O6S. The molecule has 0 unspecified atom stereocenters. The fourth-order valence-corrected chi connectivity index (χ4v) is 5.68. The number of rotatable bonds is 8. The molecule has 36 heavy (non-hydrogen) atoms. The number of sulfonamides is 1. The van der Waals surface area contributed by atoms with Crippen LogP contribution in [0.2, 0.25) is 0 Å². The van der Waals surface area contributed by atoms with Gasteiger partial charge in [-0.1, -0.05) is 60.7 Å². The Bertz CT molecular complexity index is 1030. The van der Waals surface area contributed by atoms with Gasteiger partial charge in [0, 0.05) is 12.1 Å². The van der Waals surface area contributed by atoms with E-state index in [1.807, 2.05) is 0 Å². The van der Waals surface area contributed by atoms with Crippen molar-refractivity contribution in [3.63, 3.8) is 0 Å². The largest absolute Gasteiger partial charge is 0.479 e. The molecule has 0 amide bonds. The molecule has 9 heteroatoms. The number of benzene rings is 2. The van der Waals surface area contributed by atoms with Crippen molar-refractivity contribution in [2.45, 2.75) is 68.7 Å². The summed E-state index contributed by atoms with van der Waals surface area (Å²) >= 11 is 0. The van der Waals surface area contributed by atoms with Crippen molar-refractivity contribution >= 4 is 16.0 Å². The molecule has 3 atom stereocenters. The van der Waals surface area contributed by atoms with Crippen LogP contribution < -0.4 is 10.0 Å². The first-order chi connectivity index (χ1) is 17.2. The molecule has 0 bridgehead atoms. The highest BCUT2D eigenvalue weighted by Gasteiger charge is 2.29. The second-order valence-corrected chi connectivity index (χ2v) is 11.3. The quantitative estimate of drug-likeness (QED) is 0.423. The zero-order valence-corrected chi connectivity index (χ0v) is 21.6. The van der Waals surface area contributed by atoms with Gasteiger partial charge in [0.1, 0.15) is 0 Å². The second kappa shape index (κ2) is 13.9. The lowest BCUT2D eigenvalue weighted by Crippen LogP contribution is -2.55. The minimum atomic E-state index is -3.18. The maximum atomic E-state index is 11.5. The summed E-state index contributed by atoms with van der Waals surface area (Å²) < 4.78 is 32.0. The summed E-state index contributed by atoms with van der Waals surface area (Å²) in [4.78, 5) is 10.2. The normalized spacial score (nSPS) is 25.3. The van der Waals surface area contributed by atoms with Crippen molar-refractivity contribution in [3.05, 3.63) is 71.8 Å². The number of aliphatic hydroxyl groups is 1. The van der Waals surface area contributed by atoms with E-state index in [1.54, 1.807) is 30.3 Å². The van der Waals surface area contributed by atoms with Crippen LogP contribution in [0.3, 0.4) is 0 Å². The average Bonchev–Trinajstić information content (AvgIpc) is 2.88. The molecule has 2 fully saturated rings. The standard InChI is InChI=1S/C19H30N2O3S.C8H8O3/c1-25(22,23)21-18-8-5-13-20-19(18)14-24-17-11-9-16(10-12-17)15-6-3-2-4-7-15;9-7(8(10)11)6-4-2-1-3-5-6/h2-4,6-7,16-21H,5,8-14H2,1H3;1-5,7,9H,(H,10,11)/t16-,17+,18-,19-;7-/m00/s1. The maximum absolute atomic E-state index is 11.5. The van der Waals surface area contributed by atoms with Gasteiger partial charge in [0.2, 0.25) is 10.0 Å². The van der Waals surface area contributed by atoms with Gasteiger partial charge in [-0.25, -0.2) is 17.9 Å². The molecule has 0 aromatic heterocycles. The number of piperidine rings is 1. The number of carboxylic acid groups (broad SMARTS) is 1. The van der Waals surface area contributed by atoms with Crippen LogP contribution >= 0.6 is 0 Å². The highest BCUT2D eigenvalue weighted by molar-refractivity contribution is 7.88. The van der Waals surface area contributed by atoms with E-state index in [0.717, 1.165) is 45.1 Å². The molecule has 1 saturated heterocycles. The van der Waals surface area contributed by atoms with E-state index in [-0.39, 0.29) is 12.1 Å². The molecular weight excluding hydrogens is 480 g/mol. The summed E-state index contributed by atoms with van der Waals surface area (Å²) in [7, 11) is -3.18. The summed E-state index contributed by atoms with van der Waals surface area (Å²) in [6.45, 7) is 1.50. The first-order valence-electron chi connectivity index (χ1n) is 12.6. The van der Waals surface area contributed by atoms with E-state index in [2.05, 4.69) is 40.4 Å². The summed E-state index contributed by atoms with van der Waals surface area (Å²) in [5.41, 5.74) is 1.84. The number of hydrogen-bond donors (Lipinski definition) is 4. The molecule has 2 aromatic rings. The van der Waals surface area contributed by atoms with Crippen molar-refractivity contribution in [1.82, 2.24) is 10.0 Å². The van der Waals surface area contributed by atoms with Gasteiger partial charge in [0.15, 0.2) is 6.10 Å². The first-order valence-corrected chi connectivity index (χ1v) is 14.4. The summed E-state index contributed by atoms with van der Waals surface area (Å²) in [5, 5.41) is 20.8. The molecule has 2 aliphatic rings. The van der Waals surface area contributed by atoms with Crippen LogP contribution in [0.25, 0.3) is 0 Å². The van der Waals surface area contributed by atoms with Gasteiger partial charge in [0.25, 0.3) is 0 Å². The fourth-order valence-electron chi connectivity index (χ4n) is 4.85. The maximum Gasteiger partial charge on any atom is 0.337 e. The first kappa shape index (κ1) is 28.3. The van der Waals surface area contributed by atoms with Crippen molar-refractivity contribution in [2.24, 2.45) is 0 Å². The van der Waals surface area contributed by atoms with E-state index in [9.17, 15) is 13.2 Å². The SMILES string of the molecule is CS(=O)(=O)N[C@H]1CCCN[C@H]1CO[C@H]1CC[C@@H](c2ccccc2)CC1.O=C(O)[C@@H](O)c1ccccc1. The monoisotopic (exact) mass is 518 g/mol. The minimum Gasteiger partial charge on any atom is -0.479 e. The van der Waals surface area contributed by atoms with E-state index >= 15 is 0 Å². The van der Waals surface area contributed by atoms with Crippen LogP contribution in [-0.4, -0.2) is 62.2 Å². The Morgan fingerprint density at radius 3 is 2.22 bits per heavy atom. The third-order valence-corrected chi connectivity index (χ3v) is 7.49. The average molecular weight is 519 g/mol. The number of aliphatic hydroxyl groups excluding tert-OH is 1. The number of aliphatic carboxylic acids is 1. The van der Waals surface area contributed by atoms with E-state index < -0.39 is 22.1 Å². The Morgan fingerprint density at radius 1 is 1.03 bits per heavy atom. The topological polar surface area (TPSA) is 125 Å². The Morgan fingerprint density at radius 2 is 1.64 bits per heavy atom. The minimum absolute atomic E-state index is 0.0651. The van der Waals surface area contributed by atoms with E-state index in [4.69, 9.17) is 14.9 Å². The summed E-state index contributed by atoms with van der Waals surface area (Å²) in [6.07, 6.45) is 6.46. The smallest absolute Gasteiger partial charge is 0.337 e. The number of carbonyl (C=O) groups is 1. The van der Waals surface area contributed by atoms with Crippen LogP contribution in [0.15, 0.2) is 60.7 Å². The van der Waals surface area contributed by atoms with Crippen molar-refractivity contribution in [2.75, 3.05) is 19.4 Å². The predicted molar refractivity (Wildman–Crippen MR) is 139 cm³/mol. The van der Waals surface area contributed by atoms with Crippen LogP contribution in [-0.2, 0) is 19.6 Å². The third kappa shape index (κ3) is 9.29. The van der Waals surface area contributed by atoms with Gasteiger partial charge >= 0.3 is 5.97 Å². The van der Waals surface area contributed by atoms with E-state index in [0.29, 0.717) is 24.2 Å². The number of carboxylic acids is 1. The summed E-state index contributed by atoms with van der Waals surface area (Å²) in [5.74, 6) is -0.579. The van der Waals surface area contributed by atoms with Gasteiger partial charge < -0.3 is 20.3 Å². The zero-order valence-electron chi connectivity index (χ0n) is 20.8. The van der Waals surface area contributed by atoms with Crippen molar-refractivity contribution < 1.29 is 28.2 Å². The molecule has 1 saturated carbocycles. The molecule has 8 nitrogen and oxygen atoms in total. The molecule has 1 heterocycles. The van der Waals surface area contributed by atoms with Crippen LogP contribution in [0, 0.1) is 0 Å². The highest BCUT2D eigenvalue weighted by atomic mass is 32.2. The predicted octanol–water partition coefficient (Wildman–Crippen LogP) is 3.20. The highest BCUT2D eigenvalue weighted by Crippen LogP contribution is 2.34. The van der Waals surface area contributed by atoms with Crippen molar-refractivity contribution in [3.8, 4) is 0 Å². The fraction of sp³-hybridized carbons (Fsp3) is 0.519. The molecule has 1 aliphatic heterocycles. The van der Waals surface area contributed by atoms with E-state index in [1.165, 1.54) is 11.8 Å². The molecule has 4 N–H and O–H groups in total. The Balaban J connectivity index is 0.000000275. The second-order valence-electron chi connectivity index (χ2n) is 9.57. The Labute approximate surface area is 214 Å². The molecule has 0 spiro atoms. The van der Waals surface area contributed by atoms with Gasteiger partial charge in [-0.3, -0.25) is 0 Å². The molecule has 4 rings (SSSR count). The molecule has 198 valence electrons. The lowest BCUT2D eigenvalue weighted by Gasteiger charge is -2.35. The lowest BCUT2D eigenvalue weighted by atomic mass is 9.83. The van der Waals surface area contributed by atoms with Gasteiger partial charge in [-0.15, -0.1) is 0 Å². The van der Waals surface area contributed by atoms with Gasteiger partial charge in [0.05, 0.1) is 19.0 Å². The zero-order chi connectivity index (χ0) is 26.0. The Kier molecular flexibility index (Phi) is 10.9. The number of nitrogens with one attached hydrogen (secondary N) is 2. The Hall–Kier alpha value is -2.30. The van der Waals surface area contributed by atoms with Gasteiger partial charge in [-0.05, 0) is 62.1 Å². The van der Waals surface area contributed by atoms with Crippen LogP contribution in [0.1, 0.15) is 61.7 Å². The lowest BCUT2D eigenvalue weighted by molar-refractivity contribution is -0.146. The summed E-state index contributed by atoms with van der Waals surface area (Å²) in [6, 6.07) is 19.0.